The van der Waals surface area contributed by atoms with E-state index >= 15 is 0 Å². The first-order chi connectivity index (χ1) is 23.8. The first-order valence-corrected chi connectivity index (χ1v) is 16.5. The molecule has 3 heterocycles. The van der Waals surface area contributed by atoms with E-state index in [2.05, 4.69) is 20.5 Å². The number of ether oxygens (including phenoxy) is 3. The van der Waals surface area contributed by atoms with Crippen LogP contribution in [0.4, 0.5) is 22.9 Å². The van der Waals surface area contributed by atoms with Crippen LogP contribution in [0.15, 0.2) is 77.7 Å². The smallest absolute Gasteiger partial charge is 0.293 e. The molecule has 0 bridgehead atoms. The highest BCUT2D eigenvalue weighted by molar-refractivity contribution is 6.05. The van der Waals surface area contributed by atoms with Crippen molar-refractivity contribution in [2.45, 2.75) is 25.9 Å². The molecule has 2 amide bonds. The summed E-state index contributed by atoms with van der Waals surface area (Å²) in [6.07, 6.45) is 3.82. The number of aryl methyl sites for hydroxylation is 1. The second kappa shape index (κ2) is 15.5. The summed E-state index contributed by atoms with van der Waals surface area (Å²) in [5.41, 5.74) is 5.28. The highest BCUT2D eigenvalue weighted by Gasteiger charge is 2.22. The standard InChI is InChI=1S/C37H42N6O6/c1-25-31(7-4-8-32(25)40-35(44)26-11-15-29(16-12-26)43-17-5-6-30(22-43)49-24-47-3)33-23-41(2)37(46)34(39-33)38-28-13-9-27(10-14-28)36(45)42-18-20-48-21-19-42/h4,7-16,23,30H,5-6,17-22,24H2,1-3H3,(H,38,39)(H,40,44). The van der Waals surface area contributed by atoms with Gasteiger partial charge in [0.05, 0.1) is 25.0 Å². The fourth-order valence-corrected chi connectivity index (χ4v) is 6.14. The number of carbonyl (C=O) groups excluding carboxylic acids is 2. The number of nitrogens with zero attached hydrogens (tertiary/aromatic N) is 4. The Morgan fingerprint density at radius 1 is 0.980 bits per heavy atom. The van der Waals surface area contributed by atoms with E-state index in [9.17, 15) is 14.4 Å². The van der Waals surface area contributed by atoms with E-state index in [0.29, 0.717) is 54.5 Å². The Morgan fingerprint density at radius 2 is 1.71 bits per heavy atom. The van der Waals surface area contributed by atoms with E-state index in [0.717, 1.165) is 42.7 Å². The third-order valence-corrected chi connectivity index (χ3v) is 8.92. The van der Waals surface area contributed by atoms with Crippen LogP contribution in [0.5, 0.6) is 0 Å². The zero-order valence-electron chi connectivity index (χ0n) is 28.1. The van der Waals surface area contributed by atoms with Gasteiger partial charge in [-0.05, 0) is 79.9 Å². The molecule has 12 nitrogen and oxygen atoms in total. The summed E-state index contributed by atoms with van der Waals surface area (Å²) in [6, 6.07) is 20.2. The number of amides is 2. The van der Waals surface area contributed by atoms with Crippen LogP contribution >= 0.6 is 0 Å². The molecule has 6 rings (SSSR count). The quantitative estimate of drug-likeness (QED) is 0.229. The maximum absolute atomic E-state index is 13.3. The molecule has 0 saturated carbocycles. The van der Waals surface area contributed by atoms with Crippen molar-refractivity contribution in [1.29, 1.82) is 0 Å². The maximum Gasteiger partial charge on any atom is 0.293 e. The van der Waals surface area contributed by atoms with Gasteiger partial charge in [0.2, 0.25) is 0 Å². The third-order valence-electron chi connectivity index (χ3n) is 8.92. The molecule has 3 aromatic carbocycles. The van der Waals surface area contributed by atoms with Gasteiger partial charge in [0, 0.05) is 80.3 Å². The number of nitrogens with one attached hydrogen (secondary N) is 2. The lowest BCUT2D eigenvalue weighted by Crippen LogP contribution is -2.40. The molecule has 1 unspecified atom stereocenters. The summed E-state index contributed by atoms with van der Waals surface area (Å²) in [5, 5.41) is 6.17. The normalized spacial score (nSPS) is 16.3. The first kappa shape index (κ1) is 33.8. The van der Waals surface area contributed by atoms with E-state index in [1.807, 2.05) is 49.4 Å². The van der Waals surface area contributed by atoms with Crippen molar-refractivity contribution < 1.29 is 23.8 Å². The molecule has 256 valence electrons. The van der Waals surface area contributed by atoms with Gasteiger partial charge < -0.3 is 39.2 Å². The van der Waals surface area contributed by atoms with Crippen LogP contribution in [0.2, 0.25) is 0 Å². The molecule has 2 saturated heterocycles. The van der Waals surface area contributed by atoms with Crippen molar-refractivity contribution in [3.05, 3.63) is 100.0 Å². The SMILES string of the molecule is COCOC1CCCN(c2ccc(C(=O)Nc3cccc(-c4cn(C)c(=O)c(Nc5ccc(C(=O)N6CCOCC6)cc5)n4)c3C)cc2)C1. The third kappa shape index (κ3) is 7.99. The number of piperidine rings is 1. The van der Waals surface area contributed by atoms with Crippen molar-refractivity contribution >= 4 is 34.7 Å². The minimum Gasteiger partial charge on any atom is -0.378 e. The summed E-state index contributed by atoms with van der Waals surface area (Å²) in [4.78, 5) is 47.9. The molecule has 2 fully saturated rings. The van der Waals surface area contributed by atoms with Gasteiger partial charge in [-0.25, -0.2) is 4.98 Å². The predicted octanol–water partition coefficient (Wildman–Crippen LogP) is 4.81. The lowest BCUT2D eigenvalue weighted by Gasteiger charge is -2.34. The van der Waals surface area contributed by atoms with Crippen molar-refractivity contribution in [3.63, 3.8) is 0 Å². The number of carbonyl (C=O) groups is 2. The van der Waals surface area contributed by atoms with Gasteiger partial charge in [-0.2, -0.15) is 0 Å². The van der Waals surface area contributed by atoms with Gasteiger partial charge in [-0.3, -0.25) is 14.4 Å². The lowest BCUT2D eigenvalue weighted by atomic mass is 10.0. The Balaban J connectivity index is 1.15. The molecule has 4 aromatic rings. The van der Waals surface area contributed by atoms with Gasteiger partial charge in [0.15, 0.2) is 5.82 Å². The second-order valence-electron chi connectivity index (χ2n) is 12.3. The largest absolute Gasteiger partial charge is 0.378 e. The Bertz CT molecular complexity index is 1840. The van der Waals surface area contributed by atoms with Crippen LogP contribution in [-0.4, -0.2) is 85.7 Å². The molecule has 2 aliphatic heterocycles. The first-order valence-electron chi connectivity index (χ1n) is 16.5. The average Bonchev–Trinajstić information content (AvgIpc) is 3.14. The number of hydrogen-bond donors (Lipinski definition) is 2. The van der Waals surface area contributed by atoms with Gasteiger partial charge in [0.1, 0.15) is 6.79 Å². The zero-order valence-corrected chi connectivity index (χ0v) is 28.1. The van der Waals surface area contributed by atoms with Gasteiger partial charge in [-0.15, -0.1) is 0 Å². The van der Waals surface area contributed by atoms with E-state index in [-0.39, 0.29) is 36.1 Å². The second-order valence-corrected chi connectivity index (χ2v) is 12.3. The maximum atomic E-state index is 13.3. The Labute approximate surface area is 285 Å². The fourth-order valence-electron chi connectivity index (χ4n) is 6.14. The number of aromatic nitrogens is 2. The average molecular weight is 667 g/mol. The number of benzene rings is 3. The Hall–Kier alpha value is -5.04. The summed E-state index contributed by atoms with van der Waals surface area (Å²) in [6.45, 7) is 6.10. The predicted molar refractivity (Wildman–Crippen MR) is 189 cm³/mol. The van der Waals surface area contributed by atoms with Crippen molar-refractivity contribution in [3.8, 4) is 11.3 Å². The number of morpholine rings is 1. The molecule has 0 aliphatic carbocycles. The zero-order chi connectivity index (χ0) is 34.3. The van der Waals surface area contributed by atoms with Crippen LogP contribution in [0.3, 0.4) is 0 Å². The van der Waals surface area contributed by atoms with Crippen LogP contribution in [0, 0.1) is 6.92 Å². The molecule has 0 spiro atoms. The van der Waals surface area contributed by atoms with Crippen LogP contribution in [0.1, 0.15) is 39.1 Å². The molecular formula is C37H42N6O6. The van der Waals surface area contributed by atoms with Gasteiger partial charge in [0.25, 0.3) is 17.4 Å². The Morgan fingerprint density at radius 3 is 2.45 bits per heavy atom. The minimum atomic E-state index is -0.301. The van der Waals surface area contributed by atoms with Crippen molar-refractivity contribution in [2.75, 3.05) is 68.8 Å². The van der Waals surface area contributed by atoms with E-state index < -0.39 is 0 Å². The topological polar surface area (TPSA) is 127 Å². The summed E-state index contributed by atoms with van der Waals surface area (Å²) in [7, 11) is 3.29. The highest BCUT2D eigenvalue weighted by Crippen LogP contribution is 2.29. The van der Waals surface area contributed by atoms with E-state index in [4.69, 9.17) is 14.2 Å². The number of hydrogen-bond acceptors (Lipinski definition) is 9. The van der Waals surface area contributed by atoms with Crippen LogP contribution in [-0.2, 0) is 21.3 Å². The summed E-state index contributed by atoms with van der Waals surface area (Å²) in [5.74, 6) is -0.130. The van der Waals surface area contributed by atoms with Crippen molar-refractivity contribution in [2.24, 2.45) is 7.05 Å². The molecule has 2 N–H and O–H groups in total. The monoisotopic (exact) mass is 666 g/mol. The van der Waals surface area contributed by atoms with Crippen LogP contribution < -0.4 is 21.1 Å². The highest BCUT2D eigenvalue weighted by atomic mass is 16.7. The number of methoxy groups -OCH3 is 1. The van der Waals surface area contributed by atoms with Gasteiger partial charge in [-0.1, -0.05) is 12.1 Å². The fraction of sp³-hybridized carbons (Fsp3) is 0.351. The van der Waals surface area contributed by atoms with E-state index in [1.54, 1.807) is 49.5 Å². The minimum absolute atomic E-state index is 0.0505. The molecule has 0 radical (unpaired) electrons. The molecular weight excluding hydrogens is 624 g/mol. The molecule has 12 heteroatoms. The van der Waals surface area contributed by atoms with Crippen LogP contribution in [0.25, 0.3) is 11.3 Å². The molecule has 1 atom stereocenters. The summed E-state index contributed by atoms with van der Waals surface area (Å²) >= 11 is 0. The summed E-state index contributed by atoms with van der Waals surface area (Å²) < 4.78 is 17.7. The lowest BCUT2D eigenvalue weighted by molar-refractivity contribution is -0.0743. The van der Waals surface area contributed by atoms with Crippen molar-refractivity contribution in [1.82, 2.24) is 14.5 Å². The molecule has 2 aliphatic rings. The van der Waals surface area contributed by atoms with E-state index in [1.165, 1.54) is 4.57 Å². The number of anilines is 4. The van der Waals surface area contributed by atoms with Gasteiger partial charge >= 0.3 is 0 Å². The molecule has 49 heavy (non-hydrogen) atoms. The molecule has 1 aromatic heterocycles. The number of rotatable bonds is 10. The Kier molecular flexibility index (Phi) is 10.7.